The number of urea groups is 1. The third-order valence-corrected chi connectivity index (χ3v) is 2.87. The molecule has 2 aromatic rings. The van der Waals surface area contributed by atoms with Crippen LogP contribution in [0.3, 0.4) is 0 Å². The summed E-state index contributed by atoms with van der Waals surface area (Å²) in [6.07, 6.45) is 0. The smallest absolute Gasteiger partial charge is 0.323 e. The Kier molecular flexibility index (Phi) is 4.30. The van der Waals surface area contributed by atoms with Crippen molar-refractivity contribution < 1.29 is 9.53 Å². The van der Waals surface area contributed by atoms with E-state index in [1.807, 2.05) is 24.3 Å². The van der Waals surface area contributed by atoms with Gasteiger partial charge in [-0.25, -0.2) is 4.79 Å². The minimum Gasteiger partial charge on any atom is -0.497 e. The molecule has 0 atom stereocenters. The zero-order valence-corrected chi connectivity index (χ0v) is 11.3. The molecule has 98 valence electrons. The van der Waals surface area contributed by atoms with Crippen LogP contribution in [0, 0.1) is 0 Å². The molecule has 0 heterocycles. The molecule has 0 unspecified atom stereocenters. The number of para-hydroxylation sites is 1. The number of methoxy groups -OCH3 is 1. The standard InChI is InChI=1S/C14H14N2O2S/c1-18-11-6-4-5-10(9-11)15-14(17)16-12-7-2-3-8-13(12)19/h2-9,19H,1H3,(H2,15,16,17). The number of rotatable bonds is 3. The predicted molar refractivity (Wildman–Crippen MR) is 79.3 cm³/mol. The molecule has 0 aliphatic carbocycles. The number of amides is 2. The lowest BCUT2D eigenvalue weighted by Crippen LogP contribution is -2.19. The van der Waals surface area contributed by atoms with E-state index in [1.165, 1.54) is 0 Å². The predicted octanol–water partition coefficient (Wildman–Crippen LogP) is 3.63. The summed E-state index contributed by atoms with van der Waals surface area (Å²) in [4.78, 5) is 12.5. The maximum Gasteiger partial charge on any atom is 0.323 e. The van der Waals surface area contributed by atoms with E-state index in [1.54, 1.807) is 31.4 Å². The quantitative estimate of drug-likeness (QED) is 0.749. The van der Waals surface area contributed by atoms with Gasteiger partial charge in [-0.1, -0.05) is 18.2 Å². The second kappa shape index (κ2) is 6.15. The molecule has 2 amide bonds. The number of hydrogen-bond donors (Lipinski definition) is 3. The number of ether oxygens (including phenoxy) is 1. The van der Waals surface area contributed by atoms with Crippen molar-refractivity contribution in [2.75, 3.05) is 17.7 Å². The van der Waals surface area contributed by atoms with Crippen molar-refractivity contribution in [3.05, 3.63) is 48.5 Å². The zero-order chi connectivity index (χ0) is 13.7. The second-order valence-corrected chi connectivity index (χ2v) is 4.31. The summed E-state index contributed by atoms with van der Waals surface area (Å²) in [5.41, 5.74) is 1.32. The molecule has 19 heavy (non-hydrogen) atoms. The molecule has 0 saturated carbocycles. The number of benzene rings is 2. The lowest BCUT2D eigenvalue weighted by Gasteiger charge is -2.10. The topological polar surface area (TPSA) is 50.4 Å². The molecule has 0 bridgehead atoms. The van der Waals surface area contributed by atoms with E-state index in [0.717, 1.165) is 0 Å². The van der Waals surface area contributed by atoms with Gasteiger partial charge in [0, 0.05) is 16.6 Å². The SMILES string of the molecule is COc1cccc(NC(=O)Nc2ccccc2S)c1. The van der Waals surface area contributed by atoms with Crippen molar-refractivity contribution in [1.82, 2.24) is 0 Å². The maximum atomic E-state index is 11.8. The molecule has 0 aliphatic rings. The molecule has 2 rings (SSSR count). The average molecular weight is 274 g/mol. The highest BCUT2D eigenvalue weighted by molar-refractivity contribution is 7.80. The Morgan fingerprint density at radius 2 is 1.89 bits per heavy atom. The molecule has 0 radical (unpaired) electrons. The Hall–Kier alpha value is -2.14. The number of nitrogens with one attached hydrogen (secondary N) is 2. The molecule has 0 aliphatic heterocycles. The highest BCUT2D eigenvalue weighted by atomic mass is 32.1. The highest BCUT2D eigenvalue weighted by Gasteiger charge is 2.05. The molecule has 0 aromatic heterocycles. The summed E-state index contributed by atoms with van der Waals surface area (Å²) < 4.78 is 5.09. The number of anilines is 2. The summed E-state index contributed by atoms with van der Waals surface area (Å²) >= 11 is 4.27. The Morgan fingerprint density at radius 3 is 2.63 bits per heavy atom. The minimum absolute atomic E-state index is 0.324. The van der Waals surface area contributed by atoms with Gasteiger partial charge in [0.2, 0.25) is 0 Å². The van der Waals surface area contributed by atoms with Crippen LogP contribution in [0.4, 0.5) is 16.2 Å². The Morgan fingerprint density at radius 1 is 1.11 bits per heavy atom. The fourth-order valence-corrected chi connectivity index (χ4v) is 1.78. The van der Waals surface area contributed by atoms with Gasteiger partial charge in [0.15, 0.2) is 0 Å². The first-order valence-electron chi connectivity index (χ1n) is 5.69. The lowest BCUT2D eigenvalue weighted by atomic mass is 10.3. The molecular formula is C14H14N2O2S. The van der Waals surface area contributed by atoms with E-state index >= 15 is 0 Å². The van der Waals surface area contributed by atoms with Crippen molar-refractivity contribution >= 4 is 30.0 Å². The molecule has 0 spiro atoms. The number of carbonyl (C=O) groups is 1. The minimum atomic E-state index is -0.324. The first-order chi connectivity index (χ1) is 9.19. The van der Waals surface area contributed by atoms with Crippen LogP contribution in [0.2, 0.25) is 0 Å². The van der Waals surface area contributed by atoms with Crippen LogP contribution in [0.25, 0.3) is 0 Å². The monoisotopic (exact) mass is 274 g/mol. The van der Waals surface area contributed by atoms with Gasteiger partial charge in [-0.05, 0) is 24.3 Å². The van der Waals surface area contributed by atoms with Crippen LogP contribution in [0.1, 0.15) is 0 Å². The summed E-state index contributed by atoms with van der Waals surface area (Å²) in [7, 11) is 1.58. The maximum absolute atomic E-state index is 11.8. The van der Waals surface area contributed by atoms with Gasteiger partial charge in [0.1, 0.15) is 5.75 Å². The normalized spacial score (nSPS) is 9.79. The highest BCUT2D eigenvalue weighted by Crippen LogP contribution is 2.20. The van der Waals surface area contributed by atoms with E-state index < -0.39 is 0 Å². The van der Waals surface area contributed by atoms with Crippen LogP contribution in [0.15, 0.2) is 53.4 Å². The fraction of sp³-hybridized carbons (Fsp3) is 0.0714. The van der Waals surface area contributed by atoms with Gasteiger partial charge >= 0.3 is 6.03 Å². The Balaban J connectivity index is 2.03. The van der Waals surface area contributed by atoms with Crippen LogP contribution >= 0.6 is 12.6 Å². The van der Waals surface area contributed by atoms with Crippen molar-refractivity contribution in [1.29, 1.82) is 0 Å². The number of carbonyl (C=O) groups excluding carboxylic acids is 1. The third-order valence-electron chi connectivity index (χ3n) is 2.48. The van der Waals surface area contributed by atoms with Gasteiger partial charge in [0.05, 0.1) is 12.8 Å². The van der Waals surface area contributed by atoms with Crippen molar-refractivity contribution in [3.8, 4) is 5.75 Å². The Labute approximate surface area is 117 Å². The van der Waals surface area contributed by atoms with E-state index in [4.69, 9.17) is 4.74 Å². The lowest BCUT2D eigenvalue weighted by molar-refractivity contribution is 0.262. The molecule has 0 fully saturated rings. The van der Waals surface area contributed by atoms with Crippen LogP contribution < -0.4 is 15.4 Å². The van der Waals surface area contributed by atoms with Crippen molar-refractivity contribution in [2.45, 2.75) is 4.90 Å². The molecule has 2 aromatic carbocycles. The van der Waals surface area contributed by atoms with Gasteiger partial charge in [-0.3, -0.25) is 0 Å². The molecule has 0 saturated heterocycles. The average Bonchev–Trinajstić information content (AvgIpc) is 2.41. The van der Waals surface area contributed by atoms with Crippen LogP contribution in [-0.2, 0) is 0 Å². The zero-order valence-electron chi connectivity index (χ0n) is 10.4. The first kappa shape index (κ1) is 13.3. The largest absolute Gasteiger partial charge is 0.497 e. The molecule has 4 nitrogen and oxygen atoms in total. The van der Waals surface area contributed by atoms with E-state index in [0.29, 0.717) is 22.0 Å². The van der Waals surface area contributed by atoms with E-state index in [-0.39, 0.29) is 6.03 Å². The molecule has 5 heteroatoms. The summed E-state index contributed by atoms with van der Waals surface area (Å²) in [6, 6.07) is 14.1. The Bertz CT molecular complexity index is 587. The van der Waals surface area contributed by atoms with Crippen molar-refractivity contribution in [3.63, 3.8) is 0 Å². The summed E-state index contributed by atoms with van der Waals surface area (Å²) in [6.45, 7) is 0. The number of thiol groups is 1. The van der Waals surface area contributed by atoms with Crippen LogP contribution in [-0.4, -0.2) is 13.1 Å². The van der Waals surface area contributed by atoms with Gasteiger partial charge in [0.25, 0.3) is 0 Å². The van der Waals surface area contributed by atoms with Gasteiger partial charge in [-0.15, -0.1) is 12.6 Å². The van der Waals surface area contributed by atoms with Crippen LogP contribution in [0.5, 0.6) is 5.75 Å². The van der Waals surface area contributed by atoms with E-state index in [2.05, 4.69) is 23.3 Å². The van der Waals surface area contributed by atoms with Gasteiger partial charge < -0.3 is 15.4 Å². The van der Waals surface area contributed by atoms with Crippen molar-refractivity contribution in [2.24, 2.45) is 0 Å². The van der Waals surface area contributed by atoms with Gasteiger partial charge in [-0.2, -0.15) is 0 Å². The third kappa shape index (κ3) is 3.66. The fourth-order valence-electron chi connectivity index (χ4n) is 1.56. The second-order valence-electron chi connectivity index (χ2n) is 3.83. The molecule has 2 N–H and O–H groups in total. The van der Waals surface area contributed by atoms with E-state index in [9.17, 15) is 4.79 Å². The molecular weight excluding hydrogens is 260 g/mol. The number of hydrogen-bond acceptors (Lipinski definition) is 3. The summed E-state index contributed by atoms with van der Waals surface area (Å²) in [5, 5.41) is 5.46. The first-order valence-corrected chi connectivity index (χ1v) is 6.14. The summed E-state index contributed by atoms with van der Waals surface area (Å²) in [5.74, 6) is 0.687.